The second-order valence-electron chi connectivity index (χ2n) is 6.90. The Labute approximate surface area is 108 Å². The Hall–Kier alpha value is -0.0400. The second kappa shape index (κ2) is 6.22. The smallest absolute Gasteiger partial charge is 0.0100 e. The van der Waals surface area contributed by atoms with Gasteiger partial charge in [0.25, 0.3) is 0 Å². The summed E-state index contributed by atoms with van der Waals surface area (Å²) in [6, 6.07) is 1.54. The van der Waals surface area contributed by atoms with E-state index in [1.807, 2.05) is 0 Å². The van der Waals surface area contributed by atoms with Crippen LogP contribution in [0.3, 0.4) is 0 Å². The van der Waals surface area contributed by atoms with Gasteiger partial charge in [0.2, 0.25) is 0 Å². The van der Waals surface area contributed by atoms with Crippen LogP contribution in [0.25, 0.3) is 0 Å². The van der Waals surface area contributed by atoms with Crippen molar-refractivity contribution in [2.45, 2.75) is 84.2 Å². The highest BCUT2D eigenvalue weighted by Crippen LogP contribution is 2.33. The van der Waals surface area contributed by atoms with Crippen molar-refractivity contribution in [2.24, 2.45) is 17.8 Å². The van der Waals surface area contributed by atoms with Gasteiger partial charge in [0.1, 0.15) is 0 Å². The second-order valence-corrected chi connectivity index (χ2v) is 6.90. The van der Waals surface area contributed by atoms with Crippen LogP contribution in [0.2, 0.25) is 0 Å². The van der Waals surface area contributed by atoms with E-state index in [1.165, 1.54) is 51.4 Å². The molecule has 2 aliphatic rings. The number of nitrogens with one attached hydrogen (secondary N) is 1. The highest BCUT2D eigenvalue weighted by molar-refractivity contribution is 4.85. The zero-order chi connectivity index (χ0) is 12.3. The number of rotatable bonds is 5. The van der Waals surface area contributed by atoms with Gasteiger partial charge in [-0.2, -0.15) is 0 Å². The first kappa shape index (κ1) is 13.4. The summed E-state index contributed by atoms with van der Waals surface area (Å²) in [6.07, 6.45) is 11.6. The first-order chi connectivity index (χ1) is 8.16. The molecule has 2 aliphatic carbocycles. The summed E-state index contributed by atoms with van der Waals surface area (Å²) in [6.45, 7) is 7.22. The van der Waals surface area contributed by atoms with Crippen molar-refractivity contribution < 1.29 is 0 Å². The van der Waals surface area contributed by atoms with Gasteiger partial charge in [0.15, 0.2) is 0 Å². The fourth-order valence-electron chi connectivity index (χ4n) is 3.83. The van der Waals surface area contributed by atoms with Gasteiger partial charge < -0.3 is 5.32 Å². The first-order valence-corrected chi connectivity index (χ1v) is 7.93. The van der Waals surface area contributed by atoms with Gasteiger partial charge in [0, 0.05) is 12.1 Å². The minimum atomic E-state index is 0.740. The van der Waals surface area contributed by atoms with Crippen molar-refractivity contribution in [2.75, 3.05) is 0 Å². The van der Waals surface area contributed by atoms with Crippen LogP contribution in [0.1, 0.15) is 72.1 Å². The van der Waals surface area contributed by atoms with Gasteiger partial charge >= 0.3 is 0 Å². The molecule has 0 aliphatic heterocycles. The lowest BCUT2D eigenvalue weighted by Gasteiger charge is -2.38. The van der Waals surface area contributed by atoms with Crippen LogP contribution < -0.4 is 5.32 Å². The molecule has 0 radical (unpaired) electrons. The van der Waals surface area contributed by atoms with Crippen molar-refractivity contribution in [1.82, 2.24) is 5.32 Å². The molecule has 0 aromatic carbocycles. The average molecular weight is 237 g/mol. The van der Waals surface area contributed by atoms with E-state index < -0.39 is 0 Å². The molecular weight excluding hydrogens is 206 g/mol. The third-order valence-electron chi connectivity index (χ3n) is 5.09. The summed E-state index contributed by atoms with van der Waals surface area (Å²) < 4.78 is 0. The molecule has 1 heteroatoms. The van der Waals surface area contributed by atoms with Crippen LogP contribution in [0.4, 0.5) is 0 Å². The molecule has 0 heterocycles. The van der Waals surface area contributed by atoms with E-state index >= 15 is 0 Å². The highest BCUT2D eigenvalue weighted by atomic mass is 15.0. The molecule has 0 bridgehead atoms. The number of hydrogen-bond donors (Lipinski definition) is 1. The maximum absolute atomic E-state index is 3.95. The van der Waals surface area contributed by atoms with Gasteiger partial charge in [0.05, 0.1) is 0 Å². The van der Waals surface area contributed by atoms with Crippen molar-refractivity contribution in [1.29, 1.82) is 0 Å². The minimum Gasteiger partial charge on any atom is -0.311 e. The number of hydrogen-bond acceptors (Lipinski definition) is 1. The Morgan fingerprint density at radius 3 is 2.24 bits per heavy atom. The van der Waals surface area contributed by atoms with Gasteiger partial charge in [-0.25, -0.2) is 0 Å². The zero-order valence-corrected chi connectivity index (χ0v) is 12.0. The molecule has 0 saturated heterocycles. The van der Waals surface area contributed by atoms with Crippen LogP contribution in [0, 0.1) is 17.8 Å². The van der Waals surface area contributed by atoms with E-state index in [-0.39, 0.29) is 0 Å². The van der Waals surface area contributed by atoms with E-state index in [0.29, 0.717) is 0 Å². The lowest BCUT2D eigenvalue weighted by molar-refractivity contribution is 0.178. The normalized spacial score (nSPS) is 32.5. The van der Waals surface area contributed by atoms with E-state index in [2.05, 4.69) is 26.1 Å². The zero-order valence-electron chi connectivity index (χ0n) is 12.0. The van der Waals surface area contributed by atoms with E-state index in [9.17, 15) is 0 Å². The molecule has 2 saturated carbocycles. The van der Waals surface area contributed by atoms with Gasteiger partial charge in [-0.1, -0.05) is 46.0 Å². The third kappa shape index (κ3) is 3.71. The molecule has 0 aromatic rings. The molecule has 0 aromatic heterocycles. The predicted octanol–water partition coefficient (Wildman–Crippen LogP) is 4.37. The van der Waals surface area contributed by atoms with Crippen molar-refractivity contribution in [3.8, 4) is 0 Å². The summed E-state index contributed by atoms with van der Waals surface area (Å²) in [5, 5.41) is 3.95. The third-order valence-corrected chi connectivity index (χ3v) is 5.09. The summed E-state index contributed by atoms with van der Waals surface area (Å²) >= 11 is 0. The molecule has 1 N–H and O–H groups in total. The van der Waals surface area contributed by atoms with Crippen molar-refractivity contribution in [3.05, 3.63) is 0 Å². The minimum absolute atomic E-state index is 0.740. The summed E-state index contributed by atoms with van der Waals surface area (Å²) in [5.41, 5.74) is 0. The van der Waals surface area contributed by atoms with Crippen LogP contribution in [0.15, 0.2) is 0 Å². The van der Waals surface area contributed by atoms with Crippen LogP contribution in [0.5, 0.6) is 0 Å². The molecular formula is C16H31N. The molecule has 17 heavy (non-hydrogen) atoms. The van der Waals surface area contributed by atoms with E-state index in [1.54, 1.807) is 0 Å². The van der Waals surface area contributed by atoms with E-state index in [4.69, 9.17) is 0 Å². The fraction of sp³-hybridized carbons (Fsp3) is 1.00. The predicted molar refractivity (Wildman–Crippen MR) is 75.1 cm³/mol. The largest absolute Gasteiger partial charge is 0.311 e. The Morgan fingerprint density at radius 1 is 0.941 bits per heavy atom. The van der Waals surface area contributed by atoms with Gasteiger partial charge in [-0.05, 0) is 43.9 Å². The SMILES string of the molecule is CC(CC1CCC1)NC1CCCCC1C(C)C. The summed E-state index contributed by atoms with van der Waals surface area (Å²) in [7, 11) is 0. The van der Waals surface area contributed by atoms with E-state index in [0.717, 1.165) is 29.8 Å². The molecule has 3 atom stereocenters. The Morgan fingerprint density at radius 2 is 1.65 bits per heavy atom. The maximum atomic E-state index is 3.95. The fourth-order valence-corrected chi connectivity index (χ4v) is 3.83. The molecule has 0 spiro atoms. The highest BCUT2D eigenvalue weighted by Gasteiger charge is 2.29. The topological polar surface area (TPSA) is 12.0 Å². The lowest BCUT2D eigenvalue weighted by Crippen LogP contribution is -2.45. The first-order valence-electron chi connectivity index (χ1n) is 7.93. The summed E-state index contributed by atoms with van der Waals surface area (Å²) in [5.74, 6) is 2.81. The Bertz CT molecular complexity index is 220. The molecule has 100 valence electrons. The van der Waals surface area contributed by atoms with Gasteiger partial charge in [-0.3, -0.25) is 0 Å². The Balaban J connectivity index is 1.77. The molecule has 2 rings (SSSR count). The Kier molecular flexibility index (Phi) is 4.90. The monoisotopic (exact) mass is 237 g/mol. The molecule has 1 nitrogen and oxygen atoms in total. The molecule has 2 fully saturated rings. The van der Waals surface area contributed by atoms with Crippen molar-refractivity contribution >= 4 is 0 Å². The molecule has 0 amide bonds. The average Bonchev–Trinajstić information content (AvgIpc) is 2.24. The maximum Gasteiger partial charge on any atom is 0.0100 e. The summed E-state index contributed by atoms with van der Waals surface area (Å²) in [4.78, 5) is 0. The lowest BCUT2D eigenvalue weighted by atomic mass is 9.76. The standard InChI is InChI=1S/C16H31N/c1-12(2)15-9-4-5-10-16(15)17-13(3)11-14-7-6-8-14/h12-17H,4-11H2,1-3H3. The van der Waals surface area contributed by atoms with Crippen molar-refractivity contribution in [3.63, 3.8) is 0 Å². The van der Waals surface area contributed by atoms with Crippen LogP contribution in [-0.2, 0) is 0 Å². The molecule has 3 unspecified atom stereocenters. The van der Waals surface area contributed by atoms with Gasteiger partial charge in [-0.15, -0.1) is 0 Å². The van der Waals surface area contributed by atoms with Crippen LogP contribution >= 0.6 is 0 Å². The van der Waals surface area contributed by atoms with Crippen LogP contribution in [-0.4, -0.2) is 12.1 Å². The quantitative estimate of drug-likeness (QED) is 0.748.